The van der Waals surface area contributed by atoms with Crippen molar-refractivity contribution in [1.82, 2.24) is 0 Å². The van der Waals surface area contributed by atoms with E-state index in [0.717, 1.165) is 17.2 Å². The number of esters is 1. The van der Waals surface area contributed by atoms with Gasteiger partial charge in [-0.05, 0) is 65.6 Å². The minimum absolute atomic E-state index is 0.361. The first-order valence-electron chi connectivity index (χ1n) is 9.44. The van der Waals surface area contributed by atoms with E-state index >= 15 is 0 Å². The highest BCUT2D eigenvalue weighted by Gasteiger charge is 2.09. The highest BCUT2D eigenvalue weighted by atomic mass is 16.5. The normalized spacial score (nSPS) is 10.5. The smallest absolute Gasteiger partial charge is 0.343 e. The summed E-state index contributed by atoms with van der Waals surface area (Å²) >= 11 is 0. The van der Waals surface area contributed by atoms with E-state index in [9.17, 15) is 4.79 Å². The number of carbonyl (C=O) groups excluding carboxylic acids is 1. The Bertz CT molecular complexity index is 968. The molecule has 0 N–H and O–H groups in total. The van der Waals surface area contributed by atoms with Crippen molar-refractivity contribution in [3.05, 3.63) is 77.4 Å². The van der Waals surface area contributed by atoms with Gasteiger partial charge in [0, 0.05) is 0 Å². The van der Waals surface area contributed by atoms with Crippen molar-refractivity contribution in [3.8, 4) is 11.8 Å². The molecule has 0 bridgehead atoms. The molecule has 0 heterocycles. The van der Waals surface area contributed by atoms with E-state index in [4.69, 9.17) is 10.00 Å². The second-order valence-corrected chi connectivity index (χ2v) is 6.73. The molecule has 0 aliphatic rings. The Hall–Kier alpha value is -3.12. The summed E-state index contributed by atoms with van der Waals surface area (Å²) in [5, 5.41) is 10.8. The van der Waals surface area contributed by atoms with Crippen LogP contribution >= 0.6 is 0 Å². The van der Waals surface area contributed by atoms with Crippen LogP contribution in [0.25, 0.3) is 10.8 Å². The van der Waals surface area contributed by atoms with Crippen molar-refractivity contribution in [2.24, 2.45) is 0 Å². The molecule has 0 saturated carbocycles. The Labute approximate surface area is 160 Å². The fourth-order valence-electron chi connectivity index (χ4n) is 3.09. The van der Waals surface area contributed by atoms with Gasteiger partial charge in [0.05, 0.1) is 17.2 Å². The average molecular weight is 357 g/mol. The van der Waals surface area contributed by atoms with Gasteiger partial charge in [0.2, 0.25) is 0 Å². The van der Waals surface area contributed by atoms with Crippen molar-refractivity contribution >= 4 is 16.7 Å². The summed E-state index contributed by atoms with van der Waals surface area (Å²) in [4.78, 5) is 12.4. The van der Waals surface area contributed by atoms with Crippen LogP contribution in [0.5, 0.6) is 5.75 Å². The Morgan fingerprint density at radius 2 is 1.67 bits per heavy atom. The molecule has 0 aliphatic carbocycles. The van der Waals surface area contributed by atoms with Crippen LogP contribution in [0.15, 0.2) is 60.7 Å². The van der Waals surface area contributed by atoms with Crippen LogP contribution in [-0.2, 0) is 6.42 Å². The van der Waals surface area contributed by atoms with E-state index in [-0.39, 0.29) is 5.97 Å². The number of nitriles is 1. The Morgan fingerprint density at radius 1 is 0.926 bits per heavy atom. The quantitative estimate of drug-likeness (QED) is 0.294. The van der Waals surface area contributed by atoms with Gasteiger partial charge in [-0.2, -0.15) is 5.26 Å². The van der Waals surface area contributed by atoms with Crippen molar-refractivity contribution < 1.29 is 9.53 Å². The third-order valence-electron chi connectivity index (χ3n) is 4.66. The second-order valence-electron chi connectivity index (χ2n) is 6.73. The molecule has 0 aliphatic heterocycles. The van der Waals surface area contributed by atoms with E-state index in [2.05, 4.69) is 13.0 Å². The van der Waals surface area contributed by atoms with Gasteiger partial charge in [-0.25, -0.2) is 4.79 Å². The third kappa shape index (κ3) is 4.95. The molecule has 136 valence electrons. The van der Waals surface area contributed by atoms with Gasteiger partial charge in [-0.1, -0.05) is 50.5 Å². The van der Waals surface area contributed by atoms with Crippen LogP contribution < -0.4 is 4.74 Å². The molecule has 3 heteroatoms. The van der Waals surface area contributed by atoms with E-state index in [1.807, 2.05) is 48.5 Å². The number of ether oxygens (including phenoxy) is 1. The highest BCUT2D eigenvalue weighted by Crippen LogP contribution is 2.23. The van der Waals surface area contributed by atoms with Gasteiger partial charge < -0.3 is 4.74 Å². The molecule has 0 radical (unpaired) electrons. The predicted octanol–water partition coefficient (Wildman–Crippen LogP) is 6.05. The number of aryl methyl sites for hydroxylation is 1. The molecule has 3 aromatic carbocycles. The van der Waals surface area contributed by atoms with Crippen LogP contribution in [0, 0.1) is 11.3 Å². The first-order chi connectivity index (χ1) is 13.2. The number of fused-ring (bicyclic) bond motifs is 1. The van der Waals surface area contributed by atoms with Crippen LogP contribution in [0.4, 0.5) is 0 Å². The van der Waals surface area contributed by atoms with Crippen molar-refractivity contribution in [3.63, 3.8) is 0 Å². The van der Waals surface area contributed by atoms with Gasteiger partial charge in [0.15, 0.2) is 0 Å². The summed E-state index contributed by atoms with van der Waals surface area (Å²) in [5.41, 5.74) is 2.41. The van der Waals surface area contributed by atoms with Crippen LogP contribution in [0.2, 0.25) is 0 Å². The van der Waals surface area contributed by atoms with Crippen LogP contribution in [-0.4, -0.2) is 5.97 Å². The minimum Gasteiger partial charge on any atom is -0.423 e. The van der Waals surface area contributed by atoms with E-state index in [0.29, 0.717) is 16.9 Å². The lowest BCUT2D eigenvalue weighted by Gasteiger charge is -2.07. The predicted molar refractivity (Wildman–Crippen MR) is 108 cm³/mol. The van der Waals surface area contributed by atoms with Gasteiger partial charge in [0.1, 0.15) is 5.75 Å². The van der Waals surface area contributed by atoms with Gasteiger partial charge in [-0.15, -0.1) is 0 Å². The standard InChI is InChI=1S/C24H23NO2/c1-2-3-4-5-6-18-7-10-20(11-8-18)24(26)27-23-14-13-21-15-19(17-25)9-12-22(21)16-23/h7-16H,2-6H2,1H3. The maximum absolute atomic E-state index is 12.4. The topological polar surface area (TPSA) is 50.1 Å². The largest absolute Gasteiger partial charge is 0.423 e. The summed E-state index contributed by atoms with van der Waals surface area (Å²) in [7, 11) is 0. The van der Waals surface area contributed by atoms with E-state index < -0.39 is 0 Å². The third-order valence-corrected chi connectivity index (χ3v) is 4.66. The summed E-state index contributed by atoms with van der Waals surface area (Å²) in [5.74, 6) is 0.140. The van der Waals surface area contributed by atoms with Crippen LogP contribution in [0.3, 0.4) is 0 Å². The summed E-state index contributed by atoms with van der Waals surface area (Å²) < 4.78 is 5.51. The monoisotopic (exact) mass is 357 g/mol. The molecule has 0 amide bonds. The van der Waals surface area contributed by atoms with Gasteiger partial charge in [-0.3, -0.25) is 0 Å². The lowest BCUT2D eigenvalue weighted by atomic mass is 10.0. The number of hydrogen-bond acceptors (Lipinski definition) is 3. The molecule has 0 aromatic heterocycles. The second kappa shape index (κ2) is 9.00. The molecular weight excluding hydrogens is 334 g/mol. The average Bonchev–Trinajstić information content (AvgIpc) is 2.71. The maximum Gasteiger partial charge on any atom is 0.343 e. The number of hydrogen-bond donors (Lipinski definition) is 0. The Balaban J connectivity index is 1.64. The number of benzene rings is 3. The highest BCUT2D eigenvalue weighted by molar-refractivity contribution is 5.92. The van der Waals surface area contributed by atoms with Gasteiger partial charge >= 0.3 is 5.97 Å². The summed E-state index contributed by atoms with van der Waals surface area (Å²) in [6.45, 7) is 2.21. The Morgan fingerprint density at radius 3 is 2.41 bits per heavy atom. The SMILES string of the molecule is CCCCCCc1ccc(C(=O)Oc2ccc3cc(C#N)ccc3c2)cc1. The molecule has 0 atom stereocenters. The molecule has 0 spiro atoms. The fraction of sp³-hybridized carbons (Fsp3) is 0.250. The molecule has 3 nitrogen and oxygen atoms in total. The number of carbonyl (C=O) groups is 1. The first-order valence-corrected chi connectivity index (χ1v) is 9.44. The van der Waals surface area contributed by atoms with Crippen molar-refractivity contribution in [2.75, 3.05) is 0 Å². The Kier molecular flexibility index (Phi) is 6.22. The number of nitrogens with zero attached hydrogens (tertiary/aromatic N) is 1. The zero-order chi connectivity index (χ0) is 19.1. The van der Waals surface area contributed by atoms with E-state index in [1.54, 1.807) is 12.1 Å². The van der Waals surface area contributed by atoms with Crippen molar-refractivity contribution in [1.29, 1.82) is 5.26 Å². The van der Waals surface area contributed by atoms with Crippen molar-refractivity contribution in [2.45, 2.75) is 39.0 Å². The number of rotatable bonds is 7. The molecule has 0 saturated heterocycles. The van der Waals surface area contributed by atoms with Gasteiger partial charge in [0.25, 0.3) is 0 Å². The molecule has 0 fully saturated rings. The molecular formula is C24H23NO2. The molecule has 3 rings (SSSR count). The zero-order valence-electron chi connectivity index (χ0n) is 15.6. The molecule has 3 aromatic rings. The molecule has 27 heavy (non-hydrogen) atoms. The lowest BCUT2D eigenvalue weighted by molar-refractivity contribution is 0.0735. The zero-order valence-corrected chi connectivity index (χ0v) is 15.6. The maximum atomic E-state index is 12.4. The van der Waals surface area contributed by atoms with E-state index in [1.165, 1.54) is 31.2 Å². The summed E-state index contributed by atoms with van der Waals surface area (Å²) in [6.07, 6.45) is 5.98. The minimum atomic E-state index is -0.361. The fourth-order valence-corrected chi connectivity index (χ4v) is 3.09. The molecule has 0 unspecified atom stereocenters. The number of unbranched alkanes of at least 4 members (excludes halogenated alkanes) is 3. The van der Waals surface area contributed by atoms with Crippen LogP contribution in [0.1, 0.15) is 54.1 Å². The summed E-state index contributed by atoms with van der Waals surface area (Å²) in [6, 6.07) is 20.7. The first kappa shape index (κ1) is 18.7. The lowest BCUT2D eigenvalue weighted by Crippen LogP contribution is -2.08.